The Labute approximate surface area is 179 Å². The largest absolute Gasteiger partial charge is 0.493 e. The molecule has 0 aromatic heterocycles. The molecule has 1 aromatic rings. The summed E-state index contributed by atoms with van der Waals surface area (Å²) < 4.78 is 11.0. The molecule has 29 heavy (non-hydrogen) atoms. The highest BCUT2D eigenvalue weighted by Crippen LogP contribution is 2.19. The monoisotopic (exact) mass is 404 g/mol. The van der Waals surface area contributed by atoms with E-state index in [1.807, 2.05) is 12.1 Å². The number of esters is 1. The third-order valence-electron chi connectivity index (χ3n) is 5.12. The van der Waals surface area contributed by atoms with Crippen molar-refractivity contribution >= 4 is 5.97 Å². The molecule has 0 unspecified atom stereocenters. The van der Waals surface area contributed by atoms with Crippen LogP contribution in [-0.2, 0) is 4.79 Å². The maximum Gasteiger partial charge on any atom is 0.311 e. The van der Waals surface area contributed by atoms with E-state index in [-0.39, 0.29) is 5.97 Å². The average Bonchev–Trinajstić information content (AvgIpc) is 2.71. The van der Waals surface area contributed by atoms with Gasteiger partial charge < -0.3 is 9.47 Å². The minimum absolute atomic E-state index is 0.135. The molecule has 0 atom stereocenters. The molecule has 3 nitrogen and oxygen atoms in total. The summed E-state index contributed by atoms with van der Waals surface area (Å²) in [7, 11) is 0. The van der Waals surface area contributed by atoms with E-state index in [1.165, 1.54) is 70.6 Å². The zero-order chi connectivity index (χ0) is 21.2. The first-order valence-electron chi connectivity index (χ1n) is 12.1. The van der Waals surface area contributed by atoms with Crippen LogP contribution in [-0.4, -0.2) is 12.6 Å². The summed E-state index contributed by atoms with van der Waals surface area (Å²) in [5.41, 5.74) is 0. The van der Waals surface area contributed by atoms with Gasteiger partial charge in [-0.2, -0.15) is 0 Å². The Balaban J connectivity index is 1.95. The Morgan fingerprint density at radius 1 is 0.724 bits per heavy atom. The van der Waals surface area contributed by atoms with Gasteiger partial charge in [-0.05, 0) is 36.6 Å². The minimum atomic E-state index is -0.135. The molecule has 0 radical (unpaired) electrons. The fourth-order valence-corrected chi connectivity index (χ4v) is 3.34. The molecule has 0 fully saturated rings. The number of carbonyl (C=O) groups excluding carboxylic acids is 1. The normalized spacial score (nSPS) is 11.0. The van der Waals surface area contributed by atoms with E-state index < -0.39 is 0 Å². The number of ether oxygens (including phenoxy) is 2. The van der Waals surface area contributed by atoms with Crippen molar-refractivity contribution in [3.05, 3.63) is 24.3 Å². The van der Waals surface area contributed by atoms with Crippen LogP contribution >= 0.6 is 0 Å². The lowest BCUT2D eigenvalue weighted by Gasteiger charge is -2.09. The molecule has 3 heteroatoms. The second kappa shape index (κ2) is 17.4. The van der Waals surface area contributed by atoms with Crippen LogP contribution in [0.3, 0.4) is 0 Å². The Kier molecular flexibility index (Phi) is 15.3. The second-order valence-electron chi connectivity index (χ2n) is 8.64. The van der Waals surface area contributed by atoms with Crippen LogP contribution in [0.15, 0.2) is 24.3 Å². The molecule has 0 amide bonds. The van der Waals surface area contributed by atoms with E-state index in [2.05, 4.69) is 20.8 Å². The molecule has 0 saturated carbocycles. The van der Waals surface area contributed by atoms with Crippen molar-refractivity contribution in [1.29, 1.82) is 0 Å². The zero-order valence-corrected chi connectivity index (χ0v) is 19.2. The van der Waals surface area contributed by atoms with Crippen molar-refractivity contribution in [3.63, 3.8) is 0 Å². The van der Waals surface area contributed by atoms with Crippen LogP contribution in [0.25, 0.3) is 0 Å². The van der Waals surface area contributed by atoms with E-state index in [9.17, 15) is 4.79 Å². The SMILES string of the molecule is CCCCCCCCCCCCCCCC(=O)Oc1ccc(OCC(C)C)cc1. The highest BCUT2D eigenvalue weighted by atomic mass is 16.5. The van der Waals surface area contributed by atoms with Crippen molar-refractivity contribution in [3.8, 4) is 11.5 Å². The molecule has 0 aliphatic rings. The number of hydrogen-bond acceptors (Lipinski definition) is 3. The quantitative estimate of drug-likeness (QED) is 0.141. The van der Waals surface area contributed by atoms with Crippen molar-refractivity contribution in [2.24, 2.45) is 5.92 Å². The molecule has 0 saturated heterocycles. The van der Waals surface area contributed by atoms with Gasteiger partial charge in [0.2, 0.25) is 0 Å². The molecule has 0 aliphatic heterocycles. The van der Waals surface area contributed by atoms with Crippen LogP contribution < -0.4 is 9.47 Å². The van der Waals surface area contributed by atoms with Crippen molar-refractivity contribution in [1.82, 2.24) is 0 Å². The number of carbonyl (C=O) groups is 1. The van der Waals surface area contributed by atoms with E-state index in [0.717, 1.165) is 18.6 Å². The van der Waals surface area contributed by atoms with E-state index in [4.69, 9.17) is 9.47 Å². The van der Waals surface area contributed by atoms with Crippen LogP contribution in [0.1, 0.15) is 111 Å². The van der Waals surface area contributed by atoms with Gasteiger partial charge in [-0.3, -0.25) is 4.79 Å². The fraction of sp³-hybridized carbons (Fsp3) is 0.731. The Morgan fingerprint density at radius 3 is 1.66 bits per heavy atom. The van der Waals surface area contributed by atoms with Crippen LogP contribution in [0, 0.1) is 5.92 Å². The summed E-state index contributed by atoms with van der Waals surface area (Å²) in [5.74, 6) is 1.77. The van der Waals surface area contributed by atoms with Crippen molar-refractivity contribution < 1.29 is 14.3 Å². The topological polar surface area (TPSA) is 35.5 Å². The lowest BCUT2D eigenvalue weighted by Crippen LogP contribution is -2.08. The van der Waals surface area contributed by atoms with Crippen LogP contribution in [0.4, 0.5) is 0 Å². The average molecular weight is 405 g/mol. The first kappa shape index (κ1) is 25.5. The molecule has 166 valence electrons. The van der Waals surface area contributed by atoms with Gasteiger partial charge in [0.1, 0.15) is 11.5 Å². The molecular weight excluding hydrogens is 360 g/mol. The Morgan fingerprint density at radius 2 is 1.17 bits per heavy atom. The van der Waals surface area contributed by atoms with Gasteiger partial charge in [0.25, 0.3) is 0 Å². The van der Waals surface area contributed by atoms with Gasteiger partial charge in [-0.15, -0.1) is 0 Å². The highest BCUT2D eigenvalue weighted by Gasteiger charge is 2.05. The molecule has 0 aliphatic carbocycles. The fourth-order valence-electron chi connectivity index (χ4n) is 3.34. The van der Waals surface area contributed by atoms with Gasteiger partial charge in [0.05, 0.1) is 6.61 Å². The molecule has 0 N–H and O–H groups in total. The number of benzene rings is 1. The number of hydrogen-bond donors (Lipinski definition) is 0. The Hall–Kier alpha value is -1.51. The second-order valence-corrected chi connectivity index (χ2v) is 8.64. The standard InChI is InChI=1S/C26H44O3/c1-4-5-6-7-8-9-10-11-12-13-14-15-16-17-26(27)29-25-20-18-24(19-21-25)28-22-23(2)3/h18-21,23H,4-17,22H2,1-3H3. The van der Waals surface area contributed by atoms with Gasteiger partial charge in [-0.1, -0.05) is 97.8 Å². The Bertz CT molecular complexity index is 507. The predicted octanol–water partition coefficient (Wildman–Crippen LogP) is 8.11. The summed E-state index contributed by atoms with van der Waals surface area (Å²) in [4.78, 5) is 12.0. The minimum Gasteiger partial charge on any atom is -0.493 e. The van der Waals surface area contributed by atoms with E-state index in [0.29, 0.717) is 24.7 Å². The third-order valence-corrected chi connectivity index (χ3v) is 5.12. The zero-order valence-electron chi connectivity index (χ0n) is 19.2. The smallest absolute Gasteiger partial charge is 0.311 e. The predicted molar refractivity (Wildman–Crippen MR) is 123 cm³/mol. The summed E-state index contributed by atoms with van der Waals surface area (Å²) in [6.45, 7) is 7.20. The maximum atomic E-state index is 12.0. The summed E-state index contributed by atoms with van der Waals surface area (Å²) >= 11 is 0. The lowest BCUT2D eigenvalue weighted by atomic mass is 10.0. The molecular formula is C26H44O3. The van der Waals surface area contributed by atoms with Gasteiger partial charge in [-0.25, -0.2) is 0 Å². The van der Waals surface area contributed by atoms with Crippen molar-refractivity contribution in [2.75, 3.05) is 6.61 Å². The van der Waals surface area contributed by atoms with Gasteiger partial charge in [0, 0.05) is 6.42 Å². The maximum absolute atomic E-state index is 12.0. The summed E-state index contributed by atoms with van der Waals surface area (Å²) in [6, 6.07) is 7.32. The number of unbranched alkanes of at least 4 members (excludes halogenated alkanes) is 12. The highest BCUT2D eigenvalue weighted by molar-refractivity contribution is 5.72. The van der Waals surface area contributed by atoms with Crippen molar-refractivity contribution in [2.45, 2.75) is 111 Å². The lowest BCUT2D eigenvalue weighted by molar-refractivity contribution is -0.134. The molecule has 1 rings (SSSR count). The first-order valence-corrected chi connectivity index (χ1v) is 12.1. The molecule has 0 spiro atoms. The summed E-state index contributed by atoms with van der Waals surface area (Å²) in [5, 5.41) is 0. The van der Waals surface area contributed by atoms with Crippen LogP contribution in [0.2, 0.25) is 0 Å². The molecule has 0 bridgehead atoms. The van der Waals surface area contributed by atoms with E-state index in [1.54, 1.807) is 12.1 Å². The van der Waals surface area contributed by atoms with Gasteiger partial charge >= 0.3 is 5.97 Å². The first-order chi connectivity index (χ1) is 14.1. The summed E-state index contributed by atoms with van der Waals surface area (Å²) in [6.07, 6.45) is 17.5. The van der Waals surface area contributed by atoms with Gasteiger partial charge in [0.15, 0.2) is 0 Å². The van der Waals surface area contributed by atoms with E-state index >= 15 is 0 Å². The third kappa shape index (κ3) is 15.1. The number of rotatable bonds is 18. The molecule has 0 heterocycles. The van der Waals surface area contributed by atoms with Crippen LogP contribution in [0.5, 0.6) is 11.5 Å². The molecule has 1 aromatic carbocycles.